The number of carbonyl (C=O) groups is 2. The molecule has 0 aliphatic carbocycles. The van der Waals surface area contributed by atoms with Crippen molar-refractivity contribution < 1.29 is 78.9 Å². The van der Waals surface area contributed by atoms with Crippen molar-refractivity contribution in [1.82, 2.24) is 0 Å². The zero-order valence-corrected chi connectivity index (χ0v) is 25.4. The summed E-state index contributed by atoms with van der Waals surface area (Å²) in [4.78, 5) is 24.6. The van der Waals surface area contributed by atoms with Gasteiger partial charge < -0.3 is 69.3 Å². The van der Waals surface area contributed by atoms with Crippen molar-refractivity contribution in [2.45, 2.75) is 81.7 Å². The van der Waals surface area contributed by atoms with Gasteiger partial charge in [0.25, 0.3) is 0 Å². The molecule has 258 valence electrons. The number of ether oxygens (including phenoxy) is 6. The summed E-state index contributed by atoms with van der Waals surface area (Å²) >= 11 is 0. The van der Waals surface area contributed by atoms with Gasteiger partial charge in [-0.1, -0.05) is 12.1 Å². The molecule has 0 amide bonds. The van der Waals surface area contributed by atoms with E-state index in [1.165, 1.54) is 49.4 Å². The van der Waals surface area contributed by atoms with Gasteiger partial charge in [-0.15, -0.1) is 0 Å². The molecule has 0 spiro atoms. The summed E-state index contributed by atoms with van der Waals surface area (Å²) in [6.07, 6.45) is -12.6. The third-order valence-electron chi connectivity index (χ3n) is 7.53. The van der Waals surface area contributed by atoms with E-state index in [0.717, 1.165) is 13.0 Å². The fourth-order valence-electron chi connectivity index (χ4n) is 4.95. The SMILES string of the molecule is CC(=O)O[C@H]1[C@H](OCCc2ccc(O)c(O)c2)O[C@H](COC(=O)/C=C/c2ccc(O)c(O)c2)[C@@H](O)[C@@H]1O[C@H]1O[C@@H](C)[C@H](O)[C@@H](O)[C@H]1O. The number of aromatic hydroxyl groups is 4. The first-order valence-corrected chi connectivity index (χ1v) is 14.6. The normalized spacial score (nSPS) is 31.0. The Hall–Kier alpha value is -4.00. The van der Waals surface area contributed by atoms with E-state index in [1.54, 1.807) is 0 Å². The summed E-state index contributed by atoms with van der Waals surface area (Å²) in [5, 5.41) is 80.7. The maximum Gasteiger partial charge on any atom is 0.330 e. The van der Waals surface area contributed by atoms with Crippen LogP contribution >= 0.6 is 0 Å². The highest BCUT2D eigenvalue weighted by Crippen LogP contribution is 2.32. The minimum Gasteiger partial charge on any atom is -0.504 e. The predicted molar refractivity (Wildman–Crippen MR) is 157 cm³/mol. The minimum absolute atomic E-state index is 0.103. The van der Waals surface area contributed by atoms with E-state index in [2.05, 4.69) is 0 Å². The van der Waals surface area contributed by atoms with Crippen LogP contribution in [0.5, 0.6) is 23.0 Å². The molecule has 2 aliphatic rings. The van der Waals surface area contributed by atoms with Crippen LogP contribution in [0, 0.1) is 0 Å². The Morgan fingerprint density at radius 2 is 1.49 bits per heavy atom. The highest BCUT2D eigenvalue weighted by atomic mass is 16.7. The molecule has 4 rings (SSSR count). The Labute approximate surface area is 268 Å². The molecule has 2 fully saturated rings. The fraction of sp³-hybridized carbons (Fsp3) is 0.484. The maximum atomic E-state index is 12.5. The van der Waals surface area contributed by atoms with Crippen molar-refractivity contribution in [1.29, 1.82) is 0 Å². The van der Waals surface area contributed by atoms with Gasteiger partial charge in [-0.05, 0) is 54.8 Å². The lowest BCUT2D eigenvalue weighted by atomic mass is 9.97. The third kappa shape index (κ3) is 9.09. The third-order valence-corrected chi connectivity index (χ3v) is 7.53. The van der Waals surface area contributed by atoms with Gasteiger partial charge >= 0.3 is 11.9 Å². The fourth-order valence-corrected chi connectivity index (χ4v) is 4.95. The molecular formula is C31H38O16. The van der Waals surface area contributed by atoms with E-state index in [0.29, 0.717) is 11.1 Å². The molecule has 0 saturated carbocycles. The number of hydrogen-bond donors (Lipinski definition) is 8. The number of esters is 2. The van der Waals surface area contributed by atoms with Crippen LogP contribution in [-0.4, -0.2) is 127 Å². The Balaban J connectivity index is 1.53. The van der Waals surface area contributed by atoms with Crippen LogP contribution in [0.3, 0.4) is 0 Å². The Morgan fingerprint density at radius 1 is 0.809 bits per heavy atom. The molecule has 2 aromatic rings. The molecule has 47 heavy (non-hydrogen) atoms. The van der Waals surface area contributed by atoms with Gasteiger partial charge in [0.1, 0.15) is 43.2 Å². The zero-order chi connectivity index (χ0) is 34.4. The average Bonchev–Trinajstić information content (AvgIpc) is 3.02. The summed E-state index contributed by atoms with van der Waals surface area (Å²) in [5.74, 6) is -3.11. The number of aliphatic hydroxyl groups is 4. The average molecular weight is 667 g/mol. The monoisotopic (exact) mass is 666 g/mol. The van der Waals surface area contributed by atoms with Crippen LogP contribution in [0.4, 0.5) is 0 Å². The van der Waals surface area contributed by atoms with Crippen LogP contribution in [0.25, 0.3) is 6.08 Å². The van der Waals surface area contributed by atoms with E-state index in [-0.39, 0.29) is 30.3 Å². The number of rotatable bonds is 11. The van der Waals surface area contributed by atoms with Gasteiger partial charge in [-0.25, -0.2) is 4.79 Å². The lowest BCUT2D eigenvalue weighted by Crippen LogP contribution is -2.65. The second-order valence-corrected chi connectivity index (χ2v) is 11.0. The molecule has 16 heteroatoms. The molecule has 2 saturated heterocycles. The van der Waals surface area contributed by atoms with Crippen molar-refractivity contribution >= 4 is 18.0 Å². The van der Waals surface area contributed by atoms with Crippen LogP contribution in [0.15, 0.2) is 42.5 Å². The first-order chi connectivity index (χ1) is 22.2. The summed E-state index contributed by atoms with van der Waals surface area (Å²) in [5.41, 5.74) is 0.930. The number of aliphatic hydroxyl groups excluding tert-OH is 4. The van der Waals surface area contributed by atoms with Crippen molar-refractivity contribution in [3.05, 3.63) is 53.6 Å². The summed E-state index contributed by atoms with van der Waals surface area (Å²) in [7, 11) is 0. The molecule has 2 heterocycles. The van der Waals surface area contributed by atoms with E-state index >= 15 is 0 Å². The van der Waals surface area contributed by atoms with Crippen molar-refractivity contribution in [2.75, 3.05) is 13.2 Å². The van der Waals surface area contributed by atoms with Gasteiger partial charge in [0, 0.05) is 13.0 Å². The predicted octanol–water partition coefficient (Wildman–Crippen LogP) is -0.445. The lowest BCUT2D eigenvalue weighted by Gasteiger charge is -2.46. The van der Waals surface area contributed by atoms with Gasteiger partial charge in [-0.3, -0.25) is 4.79 Å². The van der Waals surface area contributed by atoms with Crippen molar-refractivity contribution in [2.24, 2.45) is 0 Å². The van der Waals surface area contributed by atoms with E-state index in [4.69, 9.17) is 28.4 Å². The number of carbonyl (C=O) groups excluding carboxylic acids is 2. The van der Waals surface area contributed by atoms with E-state index < -0.39 is 85.7 Å². The van der Waals surface area contributed by atoms with E-state index in [1.807, 2.05) is 0 Å². The lowest BCUT2D eigenvalue weighted by molar-refractivity contribution is -0.357. The van der Waals surface area contributed by atoms with Crippen LogP contribution in [0.2, 0.25) is 0 Å². The molecule has 0 bridgehead atoms. The van der Waals surface area contributed by atoms with Crippen LogP contribution < -0.4 is 0 Å². The van der Waals surface area contributed by atoms with Crippen LogP contribution in [0.1, 0.15) is 25.0 Å². The van der Waals surface area contributed by atoms with Gasteiger partial charge in [0.2, 0.25) is 0 Å². The number of benzene rings is 2. The molecule has 0 aromatic heterocycles. The van der Waals surface area contributed by atoms with Crippen molar-refractivity contribution in [3.8, 4) is 23.0 Å². The second kappa shape index (κ2) is 15.7. The smallest absolute Gasteiger partial charge is 0.330 e. The first kappa shape index (κ1) is 35.8. The highest BCUT2D eigenvalue weighted by Gasteiger charge is 2.52. The molecule has 8 N–H and O–H groups in total. The quantitative estimate of drug-likeness (QED) is 0.0859. The Bertz CT molecular complexity index is 1410. The number of hydrogen-bond acceptors (Lipinski definition) is 16. The largest absolute Gasteiger partial charge is 0.504 e. The molecule has 2 aromatic carbocycles. The molecule has 2 aliphatic heterocycles. The molecule has 0 radical (unpaired) electrons. The standard InChI is InChI=1S/C31H38O16/c1-14-24(38)26(40)27(41)30(44-14)47-28-25(39)22(13-43-23(37)8-5-16-3-6-18(33)20(35)11-16)46-31(29(28)45-15(2)32)42-10-9-17-4-7-19(34)21(36)12-17/h3-8,11-12,14,22,24-31,33-36,38-41H,9-10,13H2,1-2H3/b8-5+/t14-,22+,24-,25+,26+,27+,28-,29+,30+,31+/m0/s1. The van der Waals surface area contributed by atoms with E-state index in [9.17, 15) is 50.4 Å². The number of phenolic OH excluding ortho intramolecular Hbond substituents is 4. The number of phenols is 4. The van der Waals surface area contributed by atoms with Gasteiger partial charge in [0.15, 0.2) is 41.7 Å². The topological polar surface area (TPSA) is 251 Å². The van der Waals surface area contributed by atoms with Gasteiger partial charge in [0.05, 0.1) is 12.7 Å². The van der Waals surface area contributed by atoms with Crippen LogP contribution in [-0.2, 0) is 44.4 Å². The Kier molecular flexibility index (Phi) is 12.0. The first-order valence-electron chi connectivity index (χ1n) is 14.6. The molecule has 16 nitrogen and oxygen atoms in total. The zero-order valence-electron chi connectivity index (χ0n) is 25.4. The molecular weight excluding hydrogens is 628 g/mol. The van der Waals surface area contributed by atoms with Crippen molar-refractivity contribution in [3.63, 3.8) is 0 Å². The van der Waals surface area contributed by atoms with Gasteiger partial charge in [-0.2, -0.15) is 0 Å². The Morgan fingerprint density at radius 3 is 2.15 bits per heavy atom. The summed E-state index contributed by atoms with van der Waals surface area (Å²) in [6.45, 7) is 1.83. The maximum absolute atomic E-state index is 12.5. The molecule has 10 atom stereocenters. The molecule has 0 unspecified atom stereocenters. The summed E-state index contributed by atoms with van der Waals surface area (Å²) < 4.78 is 33.8. The highest BCUT2D eigenvalue weighted by molar-refractivity contribution is 5.87. The second-order valence-electron chi connectivity index (χ2n) is 11.0. The summed E-state index contributed by atoms with van der Waals surface area (Å²) in [6, 6.07) is 8.02. The minimum atomic E-state index is -1.78.